The van der Waals surface area contributed by atoms with Gasteiger partial charge in [0.1, 0.15) is 0 Å². The molecule has 2 rings (SSSR count). The van der Waals surface area contributed by atoms with Gasteiger partial charge in [0, 0.05) is 45.0 Å². The van der Waals surface area contributed by atoms with E-state index in [1.165, 1.54) is 12.1 Å². The van der Waals surface area contributed by atoms with Gasteiger partial charge >= 0.3 is 0 Å². The number of piperidine rings is 1. The highest BCUT2D eigenvalue weighted by molar-refractivity contribution is 7.89. The Morgan fingerprint density at radius 2 is 2.04 bits per heavy atom. The van der Waals surface area contributed by atoms with Gasteiger partial charge in [-0.1, -0.05) is 0 Å². The summed E-state index contributed by atoms with van der Waals surface area (Å²) in [6.07, 6.45) is 2.42. The molecule has 0 aliphatic carbocycles. The van der Waals surface area contributed by atoms with Gasteiger partial charge in [-0.3, -0.25) is 4.79 Å². The van der Waals surface area contributed by atoms with Crippen LogP contribution in [0.2, 0.25) is 0 Å². The van der Waals surface area contributed by atoms with Gasteiger partial charge in [0.05, 0.1) is 4.90 Å². The first-order chi connectivity index (χ1) is 11.4. The SMILES string of the molecule is COCCCNS(=O)(=O)c1ccc(C(=O)N2CCC[C@H](N)C2)cc1.Cl. The third kappa shape index (κ3) is 6.23. The lowest BCUT2D eigenvalue weighted by molar-refractivity contribution is 0.0708. The van der Waals surface area contributed by atoms with Crippen LogP contribution in [0.4, 0.5) is 0 Å². The van der Waals surface area contributed by atoms with E-state index in [0.29, 0.717) is 38.2 Å². The summed E-state index contributed by atoms with van der Waals surface area (Å²) >= 11 is 0. The molecule has 1 amide bonds. The molecule has 7 nitrogen and oxygen atoms in total. The fourth-order valence-electron chi connectivity index (χ4n) is 2.66. The third-order valence-corrected chi connectivity index (χ3v) is 5.45. The lowest BCUT2D eigenvalue weighted by atomic mass is 10.1. The number of benzene rings is 1. The summed E-state index contributed by atoms with van der Waals surface area (Å²) in [5.41, 5.74) is 6.37. The first kappa shape index (κ1) is 21.9. The number of hydrogen-bond acceptors (Lipinski definition) is 5. The number of carbonyl (C=O) groups is 1. The van der Waals surface area contributed by atoms with Crippen LogP contribution in [0.25, 0.3) is 0 Å². The van der Waals surface area contributed by atoms with Crippen LogP contribution in [-0.2, 0) is 14.8 Å². The van der Waals surface area contributed by atoms with E-state index < -0.39 is 10.0 Å². The number of ether oxygens (including phenoxy) is 1. The number of nitrogens with zero attached hydrogens (tertiary/aromatic N) is 1. The second-order valence-corrected chi connectivity index (χ2v) is 7.69. The Balaban J connectivity index is 0.00000312. The first-order valence-corrected chi connectivity index (χ1v) is 9.56. The van der Waals surface area contributed by atoms with Gasteiger partial charge in [0.15, 0.2) is 0 Å². The number of sulfonamides is 1. The predicted molar refractivity (Wildman–Crippen MR) is 98.5 cm³/mol. The molecule has 1 fully saturated rings. The Kier molecular flexibility index (Phi) is 8.81. The van der Waals surface area contributed by atoms with Crippen LogP contribution in [0.1, 0.15) is 29.6 Å². The summed E-state index contributed by atoms with van der Waals surface area (Å²) in [5, 5.41) is 0. The molecule has 0 aromatic heterocycles. The number of carbonyl (C=O) groups excluding carboxylic acids is 1. The van der Waals surface area contributed by atoms with E-state index in [1.807, 2.05) is 0 Å². The van der Waals surface area contributed by atoms with Crippen molar-refractivity contribution < 1.29 is 17.9 Å². The minimum atomic E-state index is -3.57. The van der Waals surface area contributed by atoms with Gasteiger partial charge in [0.25, 0.3) is 5.91 Å². The van der Waals surface area contributed by atoms with Crippen molar-refractivity contribution in [2.45, 2.75) is 30.2 Å². The average molecular weight is 392 g/mol. The van der Waals surface area contributed by atoms with Crippen molar-refractivity contribution in [3.05, 3.63) is 29.8 Å². The molecule has 1 atom stereocenters. The van der Waals surface area contributed by atoms with Crippen molar-refractivity contribution in [1.82, 2.24) is 9.62 Å². The number of amides is 1. The second-order valence-electron chi connectivity index (χ2n) is 5.92. The summed E-state index contributed by atoms with van der Waals surface area (Å²) in [4.78, 5) is 14.3. The fraction of sp³-hybridized carbons (Fsp3) is 0.562. The zero-order valence-electron chi connectivity index (χ0n) is 14.3. The van der Waals surface area contributed by atoms with Crippen LogP contribution in [0.5, 0.6) is 0 Å². The molecule has 1 aliphatic rings. The minimum Gasteiger partial charge on any atom is -0.385 e. The lowest BCUT2D eigenvalue weighted by Crippen LogP contribution is -2.45. The maximum atomic E-state index is 12.4. The summed E-state index contributed by atoms with van der Waals surface area (Å²) < 4.78 is 31.7. The van der Waals surface area contributed by atoms with Gasteiger partial charge in [-0.15, -0.1) is 12.4 Å². The maximum Gasteiger partial charge on any atom is 0.253 e. The van der Waals surface area contributed by atoms with Crippen molar-refractivity contribution >= 4 is 28.3 Å². The van der Waals surface area contributed by atoms with E-state index in [2.05, 4.69) is 4.72 Å². The van der Waals surface area contributed by atoms with E-state index in [1.54, 1.807) is 24.1 Å². The lowest BCUT2D eigenvalue weighted by Gasteiger charge is -2.30. The predicted octanol–water partition coefficient (Wildman–Crippen LogP) is 0.987. The third-order valence-electron chi connectivity index (χ3n) is 3.97. The summed E-state index contributed by atoms with van der Waals surface area (Å²) in [6, 6.07) is 6.02. The number of methoxy groups -OCH3 is 1. The van der Waals surface area contributed by atoms with Crippen LogP contribution in [0, 0.1) is 0 Å². The van der Waals surface area contributed by atoms with Gasteiger partial charge in [-0.25, -0.2) is 13.1 Å². The number of rotatable bonds is 7. The molecule has 9 heteroatoms. The highest BCUT2D eigenvalue weighted by Gasteiger charge is 2.22. The van der Waals surface area contributed by atoms with E-state index in [9.17, 15) is 13.2 Å². The Morgan fingerprint density at radius 3 is 2.64 bits per heavy atom. The van der Waals surface area contributed by atoms with Gasteiger partial charge in [-0.2, -0.15) is 0 Å². The van der Waals surface area contributed by atoms with Crippen molar-refractivity contribution in [1.29, 1.82) is 0 Å². The van der Waals surface area contributed by atoms with Crippen LogP contribution in [0.15, 0.2) is 29.2 Å². The number of nitrogens with two attached hydrogens (primary N) is 1. The molecule has 0 unspecified atom stereocenters. The van der Waals surface area contributed by atoms with E-state index >= 15 is 0 Å². The van der Waals surface area contributed by atoms with Crippen molar-refractivity contribution in [3.8, 4) is 0 Å². The standard InChI is InChI=1S/C16H25N3O4S.ClH/c1-23-11-3-9-18-24(21,22)15-7-5-13(6-8-15)16(20)19-10-2-4-14(17)12-19;/h5-8,14,18H,2-4,9-12,17H2,1H3;1H/t14-;/m0./s1. The molecule has 1 aliphatic heterocycles. The molecule has 1 aromatic rings. The average Bonchev–Trinajstić information content (AvgIpc) is 2.58. The monoisotopic (exact) mass is 391 g/mol. The summed E-state index contributed by atoms with van der Waals surface area (Å²) in [7, 11) is -2.00. The molecular weight excluding hydrogens is 366 g/mol. The molecule has 0 saturated carbocycles. The second kappa shape index (κ2) is 10.1. The molecular formula is C16H26ClN3O4S. The van der Waals surface area contributed by atoms with Crippen LogP contribution in [0.3, 0.4) is 0 Å². The van der Waals surface area contributed by atoms with E-state index in [0.717, 1.165) is 12.8 Å². The number of likely N-dealkylation sites (tertiary alicyclic amines) is 1. The molecule has 1 heterocycles. The normalized spacial score (nSPS) is 17.8. The molecule has 0 bridgehead atoms. The first-order valence-electron chi connectivity index (χ1n) is 8.07. The van der Waals surface area contributed by atoms with Crippen molar-refractivity contribution in [3.63, 3.8) is 0 Å². The number of nitrogens with one attached hydrogen (secondary N) is 1. The number of halogens is 1. The zero-order chi connectivity index (χ0) is 17.6. The van der Waals surface area contributed by atoms with Crippen LogP contribution in [-0.4, -0.2) is 58.6 Å². The quantitative estimate of drug-likeness (QED) is 0.675. The fourth-order valence-corrected chi connectivity index (χ4v) is 3.73. The maximum absolute atomic E-state index is 12.4. The molecule has 142 valence electrons. The molecule has 0 radical (unpaired) electrons. The molecule has 1 aromatic carbocycles. The van der Waals surface area contributed by atoms with Gasteiger partial charge < -0.3 is 15.4 Å². The molecule has 25 heavy (non-hydrogen) atoms. The van der Waals surface area contributed by atoms with Gasteiger partial charge in [0.2, 0.25) is 10.0 Å². The van der Waals surface area contributed by atoms with E-state index in [-0.39, 0.29) is 29.3 Å². The minimum absolute atomic E-state index is 0. The smallest absolute Gasteiger partial charge is 0.253 e. The summed E-state index contributed by atoms with van der Waals surface area (Å²) in [5.74, 6) is -0.109. The highest BCUT2D eigenvalue weighted by atomic mass is 35.5. The highest BCUT2D eigenvalue weighted by Crippen LogP contribution is 2.15. The zero-order valence-corrected chi connectivity index (χ0v) is 15.9. The molecule has 0 spiro atoms. The Morgan fingerprint density at radius 1 is 1.36 bits per heavy atom. The Hall–Kier alpha value is -1.19. The topological polar surface area (TPSA) is 102 Å². The van der Waals surface area contributed by atoms with Gasteiger partial charge in [-0.05, 0) is 43.5 Å². The Bertz CT molecular complexity index is 652. The largest absolute Gasteiger partial charge is 0.385 e. The Labute approximate surface area is 155 Å². The van der Waals surface area contributed by atoms with Crippen molar-refractivity contribution in [2.24, 2.45) is 5.73 Å². The molecule has 1 saturated heterocycles. The number of hydrogen-bond donors (Lipinski definition) is 2. The van der Waals surface area contributed by atoms with E-state index in [4.69, 9.17) is 10.5 Å². The van der Waals surface area contributed by atoms with Crippen molar-refractivity contribution in [2.75, 3.05) is 33.4 Å². The van der Waals surface area contributed by atoms with Crippen LogP contribution >= 0.6 is 12.4 Å². The summed E-state index contributed by atoms with van der Waals surface area (Å²) in [6.45, 7) is 2.03. The van der Waals surface area contributed by atoms with Crippen LogP contribution < -0.4 is 10.5 Å². The molecule has 3 N–H and O–H groups in total.